The summed E-state index contributed by atoms with van der Waals surface area (Å²) in [6.07, 6.45) is -4.91. The minimum atomic E-state index is -4.66. The van der Waals surface area contributed by atoms with Crippen LogP contribution in [0.3, 0.4) is 0 Å². The van der Waals surface area contributed by atoms with Crippen LogP contribution in [0.2, 0.25) is 0 Å². The molecule has 0 radical (unpaired) electrons. The normalized spacial score (nSPS) is 12.6. The zero-order chi connectivity index (χ0) is 27.0. The first-order chi connectivity index (χ1) is 17.4. The Kier molecular flexibility index (Phi) is 6.55. The lowest BCUT2D eigenvalue weighted by molar-refractivity contribution is -0.138. The molecular weight excluding hydrogens is 509 g/mol. The Morgan fingerprint density at radius 3 is 1.76 bits per heavy atom. The number of carboxylic acid groups (broad SMARTS) is 1. The van der Waals surface area contributed by atoms with E-state index in [0.29, 0.717) is 24.3 Å². The van der Waals surface area contributed by atoms with Crippen molar-refractivity contribution in [2.45, 2.75) is 12.4 Å². The molecule has 2 aromatic heterocycles. The van der Waals surface area contributed by atoms with Gasteiger partial charge in [0.2, 0.25) is 0 Å². The molecule has 0 amide bonds. The zero-order valence-corrected chi connectivity index (χ0v) is 18.2. The molecule has 4 rings (SSSR count). The third-order valence-corrected chi connectivity index (χ3v) is 5.18. The van der Waals surface area contributed by atoms with Gasteiger partial charge in [0.1, 0.15) is 17.7 Å². The van der Waals surface area contributed by atoms with Crippen LogP contribution in [-0.2, 0) is 17.1 Å². The molecule has 0 saturated heterocycles. The fourth-order valence-corrected chi connectivity index (χ4v) is 3.40. The van der Waals surface area contributed by atoms with E-state index in [1.54, 1.807) is 0 Å². The van der Waals surface area contributed by atoms with Gasteiger partial charge >= 0.3 is 18.3 Å². The molecule has 2 heterocycles. The number of carbonyl (C=O) groups is 1. The zero-order valence-electron chi connectivity index (χ0n) is 18.2. The Balaban J connectivity index is 1.92. The highest BCUT2D eigenvalue weighted by Gasteiger charge is 2.32. The Labute approximate surface area is 203 Å². The minimum absolute atomic E-state index is 0.0142. The number of hydrogen-bond donors (Lipinski definition) is 1. The highest BCUT2D eigenvalue weighted by atomic mass is 19.4. The van der Waals surface area contributed by atoms with E-state index in [9.17, 15) is 36.2 Å². The van der Waals surface area contributed by atoms with Gasteiger partial charge in [-0.3, -0.25) is 0 Å². The van der Waals surface area contributed by atoms with Crippen molar-refractivity contribution in [3.05, 3.63) is 89.8 Å². The average molecular weight is 522 g/mol. The van der Waals surface area contributed by atoms with Crippen LogP contribution in [0.5, 0.6) is 0 Å². The van der Waals surface area contributed by atoms with Gasteiger partial charge in [0.05, 0.1) is 16.7 Å². The molecule has 4 aromatic rings. The SMILES string of the molecule is O=C(O)/C(=C/n1nc(-c2ccc(C(F)(F)F)cc2)c(F)c1-c1ccc(C(F)(F)F)cc1)c1cncnc1. The van der Waals surface area contributed by atoms with Crippen molar-refractivity contribution >= 4 is 17.7 Å². The first-order valence-corrected chi connectivity index (χ1v) is 10.2. The van der Waals surface area contributed by atoms with Gasteiger partial charge in [0, 0.05) is 35.3 Å². The number of alkyl halides is 6. The second-order valence-electron chi connectivity index (χ2n) is 7.58. The first kappa shape index (κ1) is 25.5. The van der Waals surface area contributed by atoms with Crippen molar-refractivity contribution in [3.63, 3.8) is 0 Å². The van der Waals surface area contributed by atoms with Crippen LogP contribution in [0, 0.1) is 5.82 Å². The van der Waals surface area contributed by atoms with E-state index in [2.05, 4.69) is 15.1 Å². The first-order valence-electron chi connectivity index (χ1n) is 10.2. The maximum atomic E-state index is 15.7. The molecule has 190 valence electrons. The van der Waals surface area contributed by atoms with E-state index in [0.717, 1.165) is 41.5 Å². The number of aromatic nitrogens is 4. The molecule has 0 aliphatic heterocycles. The highest BCUT2D eigenvalue weighted by molar-refractivity contribution is 6.19. The maximum absolute atomic E-state index is 15.7. The Morgan fingerprint density at radius 2 is 1.30 bits per heavy atom. The van der Waals surface area contributed by atoms with Gasteiger partial charge in [0.25, 0.3) is 0 Å². The molecule has 0 saturated carbocycles. The molecule has 0 bridgehead atoms. The van der Waals surface area contributed by atoms with Crippen molar-refractivity contribution in [1.82, 2.24) is 19.7 Å². The van der Waals surface area contributed by atoms with Gasteiger partial charge in [-0.15, -0.1) is 0 Å². The third-order valence-electron chi connectivity index (χ3n) is 5.18. The molecule has 0 spiro atoms. The highest BCUT2D eigenvalue weighted by Crippen LogP contribution is 2.36. The summed E-state index contributed by atoms with van der Waals surface area (Å²) >= 11 is 0. The molecule has 0 atom stereocenters. The molecule has 1 N–H and O–H groups in total. The summed E-state index contributed by atoms with van der Waals surface area (Å²) in [6, 6.07) is 6.72. The van der Waals surface area contributed by atoms with Crippen LogP contribution in [0.25, 0.3) is 34.3 Å². The Bertz CT molecular complexity index is 1460. The van der Waals surface area contributed by atoms with Gasteiger partial charge in [-0.2, -0.15) is 31.4 Å². The molecule has 0 unspecified atom stereocenters. The topological polar surface area (TPSA) is 80.9 Å². The third kappa shape index (κ3) is 5.34. The second-order valence-corrected chi connectivity index (χ2v) is 7.58. The summed E-state index contributed by atoms with van der Waals surface area (Å²) in [7, 11) is 0. The summed E-state index contributed by atoms with van der Waals surface area (Å²) in [4.78, 5) is 19.4. The molecule has 37 heavy (non-hydrogen) atoms. The largest absolute Gasteiger partial charge is 0.478 e. The quantitative estimate of drug-likeness (QED) is 0.247. The van der Waals surface area contributed by atoms with Crippen LogP contribution in [-0.4, -0.2) is 30.8 Å². The van der Waals surface area contributed by atoms with E-state index in [-0.39, 0.29) is 16.7 Å². The standard InChI is InChI=1S/C24H13F7N4O2/c25-19-20(13-1-5-16(6-2-13)23(26,27)28)34-35(11-18(22(36)37)15-9-32-12-33-10-15)21(19)14-3-7-17(8-4-14)24(29,30)31/h1-12H,(H,36,37)/b18-11+. The van der Waals surface area contributed by atoms with Gasteiger partial charge in [-0.25, -0.2) is 23.8 Å². The summed E-state index contributed by atoms with van der Waals surface area (Å²) in [6.45, 7) is 0. The average Bonchev–Trinajstić information content (AvgIpc) is 3.17. The van der Waals surface area contributed by atoms with Crippen molar-refractivity contribution in [1.29, 1.82) is 0 Å². The number of rotatable bonds is 5. The molecule has 0 fully saturated rings. The van der Waals surface area contributed by atoms with Crippen molar-refractivity contribution < 1.29 is 40.6 Å². The predicted octanol–water partition coefficient (Wildman–Crippen LogP) is 6.27. The number of aliphatic carboxylic acids is 1. The van der Waals surface area contributed by atoms with Crippen LogP contribution >= 0.6 is 0 Å². The van der Waals surface area contributed by atoms with Crippen LogP contribution in [0.4, 0.5) is 30.7 Å². The fourth-order valence-electron chi connectivity index (χ4n) is 3.40. The Morgan fingerprint density at radius 1 is 0.811 bits per heavy atom. The van der Waals surface area contributed by atoms with Crippen molar-refractivity contribution in [3.8, 4) is 22.5 Å². The lowest BCUT2D eigenvalue weighted by Crippen LogP contribution is -2.05. The van der Waals surface area contributed by atoms with Gasteiger partial charge in [-0.05, 0) is 24.3 Å². The summed E-state index contributed by atoms with van der Waals surface area (Å²) in [5.41, 5.74) is -3.46. The molecule has 0 aliphatic rings. The summed E-state index contributed by atoms with van der Waals surface area (Å²) in [5, 5.41) is 13.7. The van der Waals surface area contributed by atoms with E-state index in [1.165, 1.54) is 12.4 Å². The van der Waals surface area contributed by atoms with E-state index in [1.807, 2.05) is 0 Å². The van der Waals surface area contributed by atoms with E-state index < -0.39 is 52.2 Å². The molecule has 6 nitrogen and oxygen atoms in total. The van der Waals surface area contributed by atoms with Gasteiger partial charge in [0.15, 0.2) is 5.82 Å². The number of halogens is 7. The van der Waals surface area contributed by atoms with E-state index >= 15 is 4.39 Å². The van der Waals surface area contributed by atoms with Gasteiger partial charge in [-0.1, -0.05) is 24.3 Å². The number of nitrogens with zero attached hydrogens (tertiary/aromatic N) is 4. The number of hydrogen-bond acceptors (Lipinski definition) is 4. The summed E-state index contributed by atoms with van der Waals surface area (Å²) in [5.74, 6) is -2.56. The van der Waals surface area contributed by atoms with Crippen molar-refractivity contribution in [2.24, 2.45) is 0 Å². The van der Waals surface area contributed by atoms with E-state index in [4.69, 9.17) is 0 Å². The van der Waals surface area contributed by atoms with Crippen LogP contribution < -0.4 is 0 Å². The fraction of sp³-hybridized carbons (Fsp3) is 0.0833. The monoisotopic (exact) mass is 522 g/mol. The lowest BCUT2D eigenvalue weighted by Gasteiger charge is -2.09. The molecule has 13 heteroatoms. The van der Waals surface area contributed by atoms with Crippen LogP contribution in [0.15, 0.2) is 67.3 Å². The molecule has 2 aromatic carbocycles. The smallest absolute Gasteiger partial charge is 0.416 e. The van der Waals surface area contributed by atoms with Gasteiger partial charge < -0.3 is 5.11 Å². The number of carboxylic acids is 1. The molecule has 0 aliphatic carbocycles. The van der Waals surface area contributed by atoms with Crippen LogP contribution in [0.1, 0.15) is 16.7 Å². The second kappa shape index (κ2) is 9.48. The van der Waals surface area contributed by atoms with Crippen molar-refractivity contribution in [2.75, 3.05) is 0 Å². The number of benzene rings is 2. The Hall–Kier alpha value is -4.55. The lowest BCUT2D eigenvalue weighted by atomic mass is 10.0. The minimum Gasteiger partial charge on any atom is -0.478 e. The predicted molar refractivity (Wildman–Crippen MR) is 117 cm³/mol. The molecular formula is C24H13F7N4O2. The summed E-state index contributed by atoms with van der Waals surface area (Å²) < 4.78 is 94.3. The maximum Gasteiger partial charge on any atom is 0.416 e.